The first-order valence-corrected chi connectivity index (χ1v) is 5.07. The van der Waals surface area contributed by atoms with E-state index in [1.165, 1.54) is 0 Å². The van der Waals surface area contributed by atoms with Crippen LogP contribution in [0.15, 0.2) is 12.1 Å². The molecular formula is C9H15BF3KO2. The van der Waals surface area contributed by atoms with Gasteiger partial charge in [-0.05, 0) is 19.3 Å². The molecule has 1 atom stereocenters. The van der Waals surface area contributed by atoms with Crippen LogP contribution in [0.3, 0.4) is 0 Å². The topological polar surface area (TPSA) is 18.5 Å². The maximum Gasteiger partial charge on any atom is 1.00 e. The summed E-state index contributed by atoms with van der Waals surface area (Å²) in [5.41, 5.74) is -0.786. The van der Waals surface area contributed by atoms with Gasteiger partial charge in [0.15, 0.2) is 0 Å². The van der Waals surface area contributed by atoms with E-state index in [0.29, 0.717) is 6.61 Å². The summed E-state index contributed by atoms with van der Waals surface area (Å²) in [6.07, 6.45) is 2.89. The van der Waals surface area contributed by atoms with Crippen LogP contribution in [0.2, 0.25) is 0 Å². The third-order valence-electron chi connectivity index (χ3n) is 2.33. The third-order valence-corrected chi connectivity index (χ3v) is 2.33. The van der Waals surface area contributed by atoms with Crippen LogP contribution in [0, 0.1) is 0 Å². The summed E-state index contributed by atoms with van der Waals surface area (Å²) in [6, 6.07) is 0. The molecule has 88 valence electrons. The minimum Gasteiger partial charge on any atom is -0.445 e. The molecule has 1 unspecified atom stereocenters. The number of hydrogen-bond donors (Lipinski definition) is 0. The Morgan fingerprint density at radius 2 is 2.06 bits per heavy atom. The third kappa shape index (κ3) is 6.78. The maximum absolute atomic E-state index is 12.1. The quantitative estimate of drug-likeness (QED) is 0.623. The summed E-state index contributed by atoms with van der Waals surface area (Å²) in [7, 11) is 0. The second-order valence-electron chi connectivity index (χ2n) is 3.74. The van der Waals surface area contributed by atoms with Gasteiger partial charge in [0.25, 0.3) is 0 Å². The van der Waals surface area contributed by atoms with Crippen molar-refractivity contribution in [3.05, 3.63) is 12.1 Å². The average Bonchev–Trinajstić information content (AvgIpc) is 2.18. The van der Waals surface area contributed by atoms with E-state index in [9.17, 15) is 12.9 Å². The summed E-state index contributed by atoms with van der Waals surface area (Å²) < 4.78 is 46.4. The molecule has 0 bridgehead atoms. The fourth-order valence-corrected chi connectivity index (χ4v) is 1.35. The van der Waals surface area contributed by atoms with Crippen LogP contribution < -0.4 is 51.4 Å². The van der Waals surface area contributed by atoms with Gasteiger partial charge in [-0.2, -0.15) is 0 Å². The molecule has 0 aromatic rings. The predicted octanol–water partition coefficient (Wildman–Crippen LogP) is -0.481. The largest absolute Gasteiger partial charge is 1.00 e. The fraction of sp³-hybridized carbons (Fsp3) is 0.778. The first-order valence-electron chi connectivity index (χ1n) is 5.07. The predicted molar refractivity (Wildman–Crippen MR) is 52.6 cm³/mol. The molecule has 1 saturated heterocycles. The molecule has 2 nitrogen and oxygen atoms in total. The molecule has 1 heterocycles. The molecule has 0 aromatic heterocycles. The van der Waals surface area contributed by atoms with E-state index in [4.69, 9.17) is 9.47 Å². The number of hydrogen-bond acceptors (Lipinski definition) is 2. The Bertz CT molecular complexity index is 217. The summed E-state index contributed by atoms with van der Waals surface area (Å²) >= 11 is 0. The summed E-state index contributed by atoms with van der Waals surface area (Å²) in [4.78, 5) is 0. The Labute approximate surface area is 136 Å². The second kappa shape index (κ2) is 8.29. The molecule has 0 aliphatic carbocycles. The maximum atomic E-state index is 12.1. The van der Waals surface area contributed by atoms with E-state index in [2.05, 4.69) is 6.58 Å². The van der Waals surface area contributed by atoms with Crippen molar-refractivity contribution in [2.24, 2.45) is 0 Å². The van der Waals surface area contributed by atoms with Gasteiger partial charge in [-0.3, -0.25) is 0 Å². The second-order valence-corrected chi connectivity index (χ2v) is 3.74. The molecule has 1 aliphatic heterocycles. The molecule has 7 heteroatoms. The van der Waals surface area contributed by atoms with Crippen LogP contribution in [0.1, 0.15) is 19.3 Å². The molecule has 0 amide bonds. The molecule has 0 saturated carbocycles. The average molecular weight is 262 g/mol. The fourth-order valence-electron chi connectivity index (χ4n) is 1.35. The van der Waals surface area contributed by atoms with E-state index in [0.717, 1.165) is 19.3 Å². The Hall–Kier alpha value is 1.15. The zero-order valence-electron chi connectivity index (χ0n) is 9.55. The van der Waals surface area contributed by atoms with Gasteiger partial charge in [0.2, 0.25) is 0 Å². The SMILES string of the molecule is C=C(COCC1CCCCO1)[B-](F)(F)F.[K+]. The van der Waals surface area contributed by atoms with Crippen LogP contribution in [0.5, 0.6) is 0 Å². The first-order chi connectivity index (χ1) is 7.00. The number of rotatable bonds is 5. The van der Waals surface area contributed by atoms with Gasteiger partial charge in [-0.15, -0.1) is 12.1 Å². The van der Waals surface area contributed by atoms with Crippen LogP contribution in [-0.2, 0) is 9.47 Å². The van der Waals surface area contributed by atoms with E-state index in [1.54, 1.807) is 0 Å². The van der Waals surface area contributed by atoms with Crippen molar-refractivity contribution in [2.45, 2.75) is 25.4 Å². The molecule has 0 aromatic carbocycles. The van der Waals surface area contributed by atoms with Crippen LogP contribution in [0.4, 0.5) is 12.9 Å². The Kier molecular flexibility index (Phi) is 8.88. The van der Waals surface area contributed by atoms with Gasteiger partial charge in [0.05, 0.1) is 12.7 Å². The normalized spacial score (nSPS) is 21.3. The van der Waals surface area contributed by atoms with Crippen molar-refractivity contribution in [3.63, 3.8) is 0 Å². The molecule has 1 fully saturated rings. The monoisotopic (exact) mass is 262 g/mol. The number of halogens is 3. The van der Waals surface area contributed by atoms with Crippen LogP contribution in [-0.4, -0.2) is 32.9 Å². The Morgan fingerprint density at radius 1 is 1.38 bits per heavy atom. The zero-order valence-corrected chi connectivity index (χ0v) is 12.7. The van der Waals surface area contributed by atoms with Crippen molar-refractivity contribution in [1.82, 2.24) is 0 Å². The smallest absolute Gasteiger partial charge is 0.445 e. The van der Waals surface area contributed by atoms with Gasteiger partial charge in [-0.1, -0.05) is 0 Å². The van der Waals surface area contributed by atoms with Crippen molar-refractivity contribution < 1.29 is 73.8 Å². The van der Waals surface area contributed by atoms with Crippen LogP contribution >= 0.6 is 0 Å². The molecule has 0 spiro atoms. The van der Waals surface area contributed by atoms with Gasteiger partial charge in [0, 0.05) is 13.2 Å². The Balaban J connectivity index is 0.00000225. The summed E-state index contributed by atoms with van der Waals surface area (Å²) in [5, 5.41) is 0. The molecule has 1 aliphatic rings. The van der Waals surface area contributed by atoms with Crippen molar-refractivity contribution in [3.8, 4) is 0 Å². The summed E-state index contributed by atoms with van der Waals surface area (Å²) in [6.45, 7) is -1.55. The minimum atomic E-state index is -4.96. The molecular weight excluding hydrogens is 247 g/mol. The van der Waals surface area contributed by atoms with Crippen molar-refractivity contribution >= 4 is 6.98 Å². The minimum absolute atomic E-state index is 0. The number of ether oxygens (including phenoxy) is 2. The van der Waals surface area contributed by atoms with Crippen molar-refractivity contribution in [2.75, 3.05) is 19.8 Å². The van der Waals surface area contributed by atoms with Gasteiger partial charge in [0.1, 0.15) is 0 Å². The Morgan fingerprint density at radius 3 is 2.56 bits per heavy atom. The van der Waals surface area contributed by atoms with Gasteiger partial charge in [-0.25, -0.2) is 0 Å². The standard InChI is InChI=1S/C9H15BF3O2.K/c1-8(10(11,12)13)6-14-7-9-4-2-3-5-15-9;/h9H,1-7H2;/q-1;+1. The molecule has 16 heavy (non-hydrogen) atoms. The van der Waals surface area contributed by atoms with Crippen molar-refractivity contribution in [1.29, 1.82) is 0 Å². The van der Waals surface area contributed by atoms with E-state index < -0.39 is 19.1 Å². The van der Waals surface area contributed by atoms with Gasteiger partial charge < -0.3 is 22.4 Å². The molecule has 1 rings (SSSR count). The summed E-state index contributed by atoms with van der Waals surface area (Å²) in [5.74, 6) is 0. The van der Waals surface area contributed by atoms with E-state index in [1.807, 2.05) is 0 Å². The zero-order chi connectivity index (χ0) is 11.3. The van der Waals surface area contributed by atoms with Crippen LogP contribution in [0.25, 0.3) is 0 Å². The molecule has 0 N–H and O–H groups in total. The van der Waals surface area contributed by atoms with E-state index >= 15 is 0 Å². The first kappa shape index (κ1) is 17.2. The molecule has 0 radical (unpaired) electrons. The van der Waals surface area contributed by atoms with E-state index in [-0.39, 0.29) is 64.1 Å². The van der Waals surface area contributed by atoms with Gasteiger partial charge >= 0.3 is 58.4 Å².